The Kier molecular flexibility index (Phi) is 6.16. The molecule has 3 heteroatoms. The first-order chi connectivity index (χ1) is 10.7. The third-order valence-corrected chi connectivity index (χ3v) is 3.55. The maximum atomic E-state index is 12.5. The molecule has 22 heavy (non-hydrogen) atoms. The van der Waals surface area contributed by atoms with Gasteiger partial charge in [-0.3, -0.25) is 4.79 Å². The molecule has 2 aromatic carbocycles. The Labute approximate surface area is 132 Å². The van der Waals surface area contributed by atoms with Crippen LogP contribution in [0.4, 0.5) is 0 Å². The van der Waals surface area contributed by atoms with Gasteiger partial charge in [-0.05, 0) is 44.5 Å². The molecule has 0 radical (unpaired) electrons. The number of para-hydroxylation sites is 1. The average molecular weight is 297 g/mol. The topological polar surface area (TPSA) is 38.3 Å². The predicted octanol–water partition coefficient (Wildman–Crippen LogP) is 3.49. The highest BCUT2D eigenvalue weighted by Gasteiger charge is 2.18. The first-order valence-electron chi connectivity index (χ1n) is 7.75. The molecular weight excluding hydrogens is 274 g/mol. The van der Waals surface area contributed by atoms with Crippen molar-refractivity contribution in [1.29, 1.82) is 0 Å². The van der Waals surface area contributed by atoms with Gasteiger partial charge in [-0.25, -0.2) is 0 Å². The molecular formula is C19H23NO2. The van der Waals surface area contributed by atoms with Gasteiger partial charge in [0.15, 0.2) is 5.78 Å². The van der Waals surface area contributed by atoms with Crippen LogP contribution in [0.2, 0.25) is 0 Å². The number of benzene rings is 2. The Bertz CT molecular complexity index is 595. The van der Waals surface area contributed by atoms with E-state index in [0.29, 0.717) is 17.9 Å². The van der Waals surface area contributed by atoms with Crippen LogP contribution in [0.3, 0.4) is 0 Å². The number of Topliss-reactive ketones (excluding diaryl/α,β-unsaturated/α-hetero) is 1. The number of hydrogen-bond donors (Lipinski definition) is 1. The molecule has 0 aliphatic heterocycles. The van der Waals surface area contributed by atoms with Crippen LogP contribution in [0.1, 0.15) is 29.8 Å². The molecule has 2 aromatic rings. The maximum Gasteiger partial charge on any atom is 0.183 e. The minimum Gasteiger partial charge on any atom is -0.493 e. The zero-order valence-corrected chi connectivity index (χ0v) is 13.2. The molecule has 116 valence electrons. The van der Waals surface area contributed by atoms with Gasteiger partial charge < -0.3 is 10.1 Å². The summed E-state index contributed by atoms with van der Waals surface area (Å²) in [6, 6.07) is 17.4. The summed E-state index contributed by atoms with van der Waals surface area (Å²) >= 11 is 0. The summed E-state index contributed by atoms with van der Waals surface area (Å²) in [5.41, 5.74) is 1.91. The van der Waals surface area contributed by atoms with Crippen LogP contribution in [-0.4, -0.2) is 25.0 Å². The normalized spacial score (nSPS) is 11.9. The van der Waals surface area contributed by atoms with Crippen molar-refractivity contribution in [2.24, 2.45) is 0 Å². The summed E-state index contributed by atoms with van der Waals surface area (Å²) in [6.45, 7) is 5.15. The molecule has 2 rings (SSSR count). The van der Waals surface area contributed by atoms with Crippen LogP contribution in [0.5, 0.6) is 5.75 Å². The second kappa shape index (κ2) is 8.35. The highest BCUT2D eigenvalue weighted by molar-refractivity contribution is 6.02. The molecule has 0 aliphatic rings. The Morgan fingerprint density at radius 1 is 1.09 bits per heavy atom. The third-order valence-electron chi connectivity index (χ3n) is 3.55. The average Bonchev–Trinajstić information content (AvgIpc) is 2.56. The van der Waals surface area contributed by atoms with Crippen molar-refractivity contribution in [3.63, 3.8) is 0 Å². The fourth-order valence-electron chi connectivity index (χ4n) is 2.36. The van der Waals surface area contributed by atoms with Crippen molar-refractivity contribution < 1.29 is 9.53 Å². The van der Waals surface area contributed by atoms with Gasteiger partial charge in [-0.2, -0.15) is 0 Å². The van der Waals surface area contributed by atoms with E-state index in [4.69, 9.17) is 4.74 Å². The summed E-state index contributed by atoms with van der Waals surface area (Å²) in [5, 5.41) is 3.29. The van der Waals surface area contributed by atoms with E-state index in [9.17, 15) is 4.79 Å². The van der Waals surface area contributed by atoms with Crippen LogP contribution < -0.4 is 10.1 Å². The van der Waals surface area contributed by atoms with E-state index in [1.165, 1.54) is 5.56 Å². The highest BCUT2D eigenvalue weighted by Crippen LogP contribution is 2.19. The van der Waals surface area contributed by atoms with Gasteiger partial charge >= 0.3 is 0 Å². The molecule has 0 heterocycles. The van der Waals surface area contributed by atoms with E-state index in [0.717, 1.165) is 13.0 Å². The van der Waals surface area contributed by atoms with Gasteiger partial charge in [0, 0.05) is 0 Å². The molecule has 0 fully saturated rings. The Morgan fingerprint density at radius 2 is 1.77 bits per heavy atom. The molecule has 0 saturated carbocycles. The number of carbonyl (C=O) groups excluding carboxylic acids is 1. The van der Waals surface area contributed by atoms with Gasteiger partial charge in [0.1, 0.15) is 5.75 Å². The Balaban J connectivity index is 1.92. The van der Waals surface area contributed by atoms with Crippen molar-refractivity contribution in [3.8, 4) is 5.75 Å². The lowest BCUT2D eigenvalue weighted by atomic mass is 10.0. The predicted molar refractivity (Wildman–Crippen MR) is 89.6 cm³/mol. The van der Waals surface area contributed by atoms with Crippen LogP contribution in [0.25, 0.3) is 0 Å². The lowest BCUT2D eigenvalue weighted by Crippen LogP contribution is -2.35. The van der Waals surface area contributed by atoms with Gasteiger partial charge in [-0.15, -0.1) is 0 Å². The fourth-order valence-corrected chi connectivity index (χ4v) is 2.36. The summed E-state index contributed by atoms with van der Waals surface area (Å²) in [6.07, 6.45) is 0.908. The van der Waals surface area contributed by atoms with Crippen molar-refractivity contribution in [2.75, 3.05) is 13.2 Å². The van der Waals surface area contributed by atoms with Gasteiger partial charge in [0.2, 0.25) is 0 Å². The zero-order valence-electron chi connectivity index (χ0n) is 13.2. The van der Waals surface area contributed by atoms with Gasteiger partial charge in [0.05, 0.1) is 18.2 Å². The van der Waals surface area contributed by atoms with E-state index in [2.05, 4.69) is 17.4 Å². The first-order valence-corrected chi connectivity index (χ1v) is 7.75. The van der Waals surface area contributed by atoms with Gasteiger partial charge in [0.25, 0.3) is 0 Å². The molecule has 0 spiro atoms. The zero-order chi connectivity index (χ0) is 15.8. The third kappa shape index (κ3) is 4.43. The number of nitrogens with one attached hydrogen (secondary N) is 1. The quantitative estimate of drug-likeness (QED) is 0.758. The minimum absolute atomic E-state index is 0.0668. The van der Waals surface area contributed by atoms with E-state index in [-0.39, 0.29) is 11.8 Å². The molecule has 3 nitrogen and oxygen atoms in total. The monoisotopic (exact) mass is 297 g/mol. The Morgan fingerprint density at radius 3 is 2.50 bits per heavy atom. The summed E-state index contributed by atoms with van der Waals surface area (Å²) in [5.74, 6) is 0.726. The van der Waals surface area contributed by atoms with Crippen LogP contribution in [-0.2, 0) is 6.42 Å². The lowest BCUT2D eigenvalue weighted by Gasteiger charge is -2.15. The van der Waals surface area contributed by atoms with E-state index < -0.39 is 0 Å². The van der Waals surface area contributed by atoms with Gasteiger partial charge in [-0.1, -0.05) is 42.5 Å². The summed E-state index contributed by atoms with van der Waals surface area (Å²) < 4.78 is 5.53. The van der Waals surface area contributed by atoms with Crippen molar-refractivity contribution >= 4 is 5.78 Å². The highest BCUT2D eigenvalue weighted by atomic mass is 16.5. The van der Waals surface area contributed by atoms with Crippen molar-refractivity contribution in [3.05, 3.63) is 65.7 Å². The number of ketones is 1. The largest absolute Gasteiger partial charge is 0.493 e. The maximum absolute atomic E-state index is 12.5. The molecule has 0 saturated heterocycles. The van der Waals surface area contributed by atoms with Crippen molar-refractivity contribution in [2.45, 2.75) is 26.3 Å². The standard InChI is InChI=1S/C19H23NO2/c1-3-22-18-12-8-7-11-17(18)19(21)15(2)20-14-13-16-9-5-4-6-10-16/h4-12,15,20H,3,13-14H2,1-2H3. The number of carbonyl (C=O) groups is 1. The number of ether oxygens (including phenoxy) is 1. The molecule has 1 unspecified atom stereocenters. The lowest BCUT2D eigenvalue weighted by molar-refractivity contribution is 0.0947. The molecule has 0 amide bonds. The summed E-state index contributed by atoms with van der Waals surface area (Å²) in [7, 11) is 0. The van der Waals surface area contributed by atoms with E-state index in [1.54, 1.807) is 0 Å². The van der Waals surface area contributed by atoms with Crippen LogP contribution in [0.15, 0.2) is 54.6 Å². The molecule has 0 bridgehead atoms. The van der Waals surface area contributed by atoms with E-state index in [1.807, 2.05) is 56.3 Å². The summed E-state index contributed by atoms with van der Waals surface area (Å²) in [4.78, 5) is 12.5. The molecule has 1 N–H and O–H groups in total. The molecule has 0 aliphatic carbocycles. The second-order valence-electron chi connectivity index (χ2n) is 5.20. The van der Waals surface area contributed by atoms with Crippen LogP contribution in [0, 0.1) is 0 Å². The first kappa shape index (κ1) is 16.2. The smallest absolute Gasteiger partial charge is 0.183 e. The Hall–Kier alpha value is -2.13. The molecule has 0 aromatic heterocycles. The second-order valence-corrected chi connectivity index (χ2v) is 5.20. The molecule has 1 atom stereocenters. The number of hydrogen-bond acceptors (Lipinski definition) is 3. The van der Waals surface area contributed by atoms with Crippen molar-refractivity contribution in [1.82, 2.24) is 5.32 Å². The minimum atomic E-state index is -0.231. The number of rotatable bonds is 8. The fraction of sp³-hybridized carbons (Fsp3) is 0.316. The van der Waals surface area contributed by atoms with Crippen LogP contribution >= 0.6 is 0 Å². The van der Waals surface area contributed by atoms with E-state index >= 15 is 0 Å². The SMILES string of the molecule is CCOc1ccccc1C(=O)C(C)NCCc1ccccc1.